The molecule has 6 heteroatoms. The van der Waals surface area contributed by atoms with Crippen molar-refractivity contribution >= 4 is 23.1 Å². The van der Waals surface area contributed by atoms with Crippen LogP contribution in [0, 0.1) is 6.92 Å². The number of hydrazone groups is 1. The Bertz CT molecular complexity index is 562. The van der Waals surface area contributed by atoms with Crippen LogP contribution in [0.5, 0.6) is 5.75 Å². The Kier molecular flexibility index (Phi) is 3.48. The van der Waals surface area contributed by atoms with E-state index in [4.69, 9.17) is 16.3 Å². The number of aryl methyl sites for hydroxylation is 1. The topological polar surface area (TPSA) is 48.3 Å². The van der Waals surface area contributed by atoms with E-state index in [0.29, 0.717) is 10.7 Å². The number of piperidine rings is 1. The first-order valence-corrected chi connectivity index (χ1v) is 7.15. The summed E-state index contributed by atoms with van der Waals surface area (Å²) in [5.41, 5.74) is 1.63. The average Bonchev–Trinajstić information content (AvgIpc) is 2.77. The van der Waals surface area contributed by atoms with Gasteiger partial charge in [-0.2, -0.15) is 5.10 Å². The van der Waals surface area contributed by atoms with Crippen LogP contribution in [0.2, 0.25) is 5.02 Å². The number of anilines is 1. The van der Waals surface area contributed by atoms with Gasteiger partial charge in [-0.15, -0.1) is 0 Å². The van der Waals surface area contributed by atoms with Crippen LogP contribution >= 0.6 is 11.6 Å². The first kappa shape index (κ1) is 13.5. The number of nitrogens with zero attached hydrogens (tertiary/aromatic N) is 3. The molecular weight excluding hydrogens is 278 g/mol. The van der Waals surface area contributed by atoms with Crippen LogP contribution in [0.25, 0.3) is 0 Å². The van der Waals surface area contributed by atoms with Crippen molar-refractivity contribution in [3.05, 3.63) is 22.7 Å². The lowest BCUT2D eigenvalue weighted by molar-refractivity contribution is 0.0592. The lowest BCUT2D eigenvalue weighted by atomic mass is 10.1. The number of rotatable bonds is 2. The van der Waals surface area contributed by atoms with Crippen molar-refractivity contribution in [2.24, 2.45) is 5.10 Å². The quantitative estimate of drug-likeness (QED) is 0.911. The summed E-state index contributed by atoms with van der Waals surface area (Å²) >= 11 is 6.31. The number of fused-ring (bicyclic) bond motifs is 1. The van der Waals surface area contributed by atoms with E-state index in [1.54, 1.807) is 12.1 Å². The second kappa shape index (κ2) is 5.14. The molecule has 1 fully saturated rings. The van der Waals surface area contributed by atoms with E-state index < -0.39 is 6.35 Å². The highest BCUT2D eigenvalue weighted by atomic mass is 35.5. The first-order valence-electron chi connectivity index (χ1n) is 6.77. The largest absolute Gasteiger partial charge is 0.496 e. The van der Waals surface area contributed by atoms with Crippen molar-refractivity contribution in [1.82, 2.24) is 4.90 Å². The van der Waals surface area contributed by atoms with Crippen molar-refractivity contribution in [2.75, 3.05) is 18.7 Å². The molecule has 2 aliphatic heterocycles. The third-order valence-electron chi connectivity index (χ3n) is 3.81. The Morgan fingerprint density at radius 3 is 2.90 bits per heavy atom. The fourth-order valence-electron chi connectivity index (χ4n) is 2.72. The van der Waals surface area contributed by atoms with E-state index in [9.17, 15) is 5.11 Å². The predicted molar refractivity (Wildman–Crippen MR) is 79.2 cm³/mol. The molecule has 1 aromatic rings. The van der Waals surface area contributed by atoms with Gasteiger partial charge in [0.25, 0.3) is 0 Å². The fraction of sp³-hybridized carbons (Fsp3) is 0.500. The van der Waals surface area contributed by atoms with Crippen molar-refractivity contribution in [3.63, 3.8) is 0 Å². The number of aliphatic hydroxyl groups is 1. The second-order valence-corrected chi connectivity index (χ2v) is 5.54. The van der Waals surface area contributed by atoms with Gasteiger partial charge in [0.15, 0.2) is 0 Å². The molecule has 1 N–H and O–H groups in total. The summed E-state index contributed by atoms with van der Waals surface area (Å²) in [6.07, 6.45) is 2.30. The van der Waals surface area contributed by atoms with E-state index >= 15 is 0 Å². The second-order valence-electron chi connectivity index (χ2n) is 5.13. The minimum Gasteiger partial charge on any atom is -0.496 e. The van der Waals surface area contributed by atoms with Crippen LogP contribution < -0.4 is 9.75 Å². The number of aliphatic hydroxyl groups excluding tert-OH is 1. The third kappa shape index (κ3) is 2.11. The number of halogens is 1. The molecule has 20 heavy (non-hydrogen) atoms. The summed E-state index contributed by atoms with van der Waals surface area (Å²) in [5, 5.41) is 17.1. The van der Waals surface area contributed by atoms with Gasteiger partial charge in [-0.05, 0) is 31.4 Å². The SMILES string of the molecule is COc1cc(N2N=C3CCCCN3C2O)c(Cl)cc1C. The number of benzene rings is 1. The number of methoxy groups -OCH3 is 1. The van der Waals surface area contributed by atoms with Crippen LogP contribution in [0.15, 0.2) is 17.2 Å². The Morgan fingerprint density at radius 1 is 1.40 bits per heavy atom. The first-order chi connectivity index (χ1) is 9.61. The minimum absolute atomic E-state index is 0.562. The summed E-state index contributed by atoms with van der Waals surface area (Å²) in [5.74, 6) is 1.67. The summed E-state index contributed by atoms with van der Waals surface area (Å²) in [4.78, 5) is 1.92. The molecule has 0 aliphatic carbocycles. The van der Waals surface area contributed by atoms with Gasteiger partial charge < -0.3 is 14.7 Å². The fourth-order valence-corrected chi connectivity index (χ4v) is 3.02. The molecule has 1 atom stereocenters. The molecule has 108 valence electrons. The molecular formula is C14H18ClN3O2. The molecule has 1 unspecified atom stereocenters. The summed E-state index contributed by atoms with van der Waals surface area (Å²) in [6.45, 7) is 2.77. The molecule has 1 aromatic carbocycles. The molecule has 3 rings (SSSR count). The van der Waals surface area contributed by atoms with Crippen LogP contribution in [-0.2, 0) is 0 Å². The zero-order valence-corrected chi connectivity index (χ0v) is 12.4. The smallest absolute Gasteiger partial charge is 0.228 e. The zero-order valence-electron chi connectivity index (χ0n) is 11.6. The van der Waals surface area contributed by atoms with Crippen molar-refractivity contribution in [2.45, 2.75) is 32.5 Å². The average molecular weight is 296 g/mol. The van der Waals surface area contributed by atoms with Gasteiger partial charge in [-0.3, -0.25) is 0 Å². The normalized spacial score (nSPS) is 21.8. The summed E-state index contributed by atoms with van der Waals surface area (Å²) in [6, 6.07) is 3.66. The lowest BCUT2D eigenvalue weighted by Gasteiger charge is -2.30. The van der Waals surface area contributed by atoms with E-state index in [-0.39, 0.29) is 0 Å². The van der Waals surface area contributed by atoms with Crippen LogP contribution in [0.1, 0.15) is 24.8 Å². The van der Waals surface area contributed by atoms with E-state index in [2.05, 4.69) is 5.10 Å². The van der Waals surface area contributed by atoms with Gasteiger partial charge in [0.05, 0.1) is 17.8 Å². The number of hydrogen-bond donors (Lipinski definition) is 1. The van der Waals surface area contributed by atoms with Gasteiger partial charge in [0, 0.05) is 19.0 Å². The van der Waals surface area contributed by atoms with Gasteiger partial charge in [0.1, 0.15) is 11.6 Å². The highest BCUT2D eigenvalue weighted by Gasteiger charge is 2.35. The standard InChI is InChI=1S/C14H18ClN3O2/c1-9-7-10(15)11(8-12(9)20-2)18-14(19)17-6-4-3-5-13(17)16-18/h7-8,14,19H,3-6H2,1-2H3. The lowest BCUT2D eigenvalue weighted by Crippen LogP contribution is -2.44. The minimum atomic E-state index is -0.782. The molecule has 0 amide bonds. The third-order valence-corrected chi connectivity index (χ3v) is 4.12. The number of hydrogen-bond acceptors (Lipinski definition) is 5. The highest BCUT2D eigenvalue weighted by molar-refractivity contribution is 6.33. The van der Waals surface area contributed by atoms with Gasteiger partial charge >= 0.3 is 0 Å². The Balaban J connectivity index is 1.99. The maximum Gasteiger partial charge on any atom is 0.228 e. The van der Waals surface area contributed by atoms with E-state index in [0.717, 1.165) is 43.0 Å². The summed E-state index contributed by atoms with van der Waals surface area (Å²) < 4.78 is 5.33. The van der Waals surface area contributed by atoms with Crippen molar-refractivity contribution in [3.8, 4) is 5.75 Å². The maximum absolute atomic E-state index is 10.4. The Hall–Kier alpha value is -1.46. The summed E-state index contributed by atoms with van der Waals surface area (Å²) in [7, 11) is 1.62. The predicted octanol–water partition coefficient (Wildman–Crippen LogP) is 2.55. The molecule has 2 aliphatic rings. The number of amidine groups is 1. The highest BCUT2D eigenvalue weighted by Crippen LogP contribution is 2.37. The van der Waals surface area contributed by atoms with Crippen LogP contribution in [0.4, 0.5) is 5.69 Å². The molecule has 5 nitrogen and oxygen atoms in total. The molecule has 0 spiro atoms. The maximum atomic E-state index is 10.4. The van der Waals surface area contributed by atoms with Gasteiger partial charge in [-0.1, -0.05) is 11.6 Å². The monoisotopic (exact) mass is 295 g/mol. The molecule has 1 saturated heterocycles. The number of ether oxygens (including phenoxy) is 1. The van der Waals surface area contributed by atoms with Crippen LogP contribution in [0.3, 0.4) is 0 Å². The van der Waals surface area contributed by atoms with Crippen LogP contribution in [-0.4, -0.2) is 35.8 Å². The zero-order chi connectivity index (χ0) is 14.3. The Morgan fingerprint density at radius 2 is 2.20 bits per heavy atom. The van der Waals surface area contributed by atoms with E-state index in [1.165, 1.54) is 0 Å². The van der Waals surface area contributed by atoms with Crippen molar-refractivity contribution < 1.29 is 9.84 Å². The van der Waals surface area contributed by atoms with Gasteiger partial charge in [0.2, 0.25) is 6.35 Å². The van der Waals surface area contributed by atoms with Gasteiger partial charge in [-0.25, -0.2) is 5.01 Å². The molecule has 0 bridgehead atoms. The van der Waals surface area contributed by atoms with Crippen molar-refractivity contribution in [1.29, 1.82) is 0 Å². The molecule has 0 saturated carbocycles. The Labute approximate surface area is 123 Å². The molecule has 0 aromatic heterocycles. The molecule has 0 radical (unpaired) electrons. The van der Waals surface area contributed by atoms with E-state index in [1.807, 2.05) is 24.0 Å². The molecule has 2 heterocycles.